The molecular formula is C33H40FNO5. The molecule has 214 valence electrons. The van der Waals surface area contributed by atoms with Gasteiger partial charge in [0.05, 0.1) is 25.4 Å². The molecular weight excluding hydrogens is 509 g/mol. The quantitative estimate of drug-likeness (QED) is 0.211. The largest absolute Gasteiger partial charge is 0.494 e. The molecule has 6 nitrogen and oxygen atoms in total. The lowest BCUT2D eigenvalue weighted by molar-refractivity contribution is -0.0842. The van der Waals surface area contributed by atoms with Crippen molar-refractivity contribution in [1.29, 1.82) is 0 Å². The Labute approximate surface area is 237 Å². The summed E-state index contributed by atoms with van der Waals surface area (Å²) in [6.07, 6.45) is 0.558. The van der Waals surface area contributed by atoms with Crippen LogP contribution in [0.15, 0.2) is 60.7 Å². The van der Waals surface area contributed by atoms with E-state index in [4.69, 9.17) is 18.9 Å². The first kappa shape index (κ1) is 29.6. The summed E-state index contributed by atoms with van der Waals surface area (Å²) in [5.41, 5.74) is 4.16. The molecule has 0 bridgehead atoms. The van der Waals surface area contributed by atoms with Gasteiger partial charge in [-0.15, -0.1) is 0 Å². The van der Waals surface area contributed by atoms with Crippen molar-refractivity contribution in [3.63, 3.8) is 0 Å². The molecule has 3 atom stereocenters. The number of fused-ring (bicyclic) bond motifs is 1. The van der Waals surface area contributed by atoms with E-state index in [1.165, 1.54) is 20.3 Å². The molecule has 1 aliphatic rings. The van der Waals surface area contributed by atoms with E-state index in [0.717, 1.165) is 28.0 Å². The molecule has 3 aromatic carbocycles. The standard InChI is InChI=1S/C33H40FNO5/c1-21-12-13-24(16-27(21)32(36)38-7)28-18-25(40-30-11-9-8-10-26(28)30)19-35(20-39-33(3,4)5)22(2)23-14-15-29(34)31(17-23)37-6/h8-17,22,25,28H,18-20H2,1-7H3/t22-,25-,28?/m1/s1. The van der Waals surface area contributed by atoms with Crippen molar-refractivity contribution in [3.8, 4) is 11.5 Å². The molecule has 0 N–H and O–H groups in total. The number of carbonyl (C=O) groups excluding carboxylic acids is 1. The summed E-state index contributed by atoms with van der Waals surface area (Å²) in [7, 11) is 2.87. The minimum absolute atomic E-state index is 0.0329. The Balaban J connectivity index is 1.66. The van der Waals surface area contributed by atoms with E-state index >= 15 is 0 Å². The van der Waals surface area contributed by atoms with Crippen LogP contribution < -0.4 is 9.47 Å². The van der Waals surface area contributed by atoms with Crippen LogP contribution in [0.1, 0.15) is 78.7 Å². The fourth-order valence-corrected chi connectivity index (χ4v) is 5.11. The van der Waals surface area contributed by atoms with E-state index in [1.54, 1.807) is 12.1 Å². The summed E-state index contributed by atoms with van der Waals surface area (Å²) in [6.45, 7) is 11.0. The molecule has 0 spiro atoms. The number of rotatable bonds is 9. The Bertz CT molecular complexity index is 1330. The zero-order valence-electron chi connectivity index (χ0n) is 24.5. The molecule has 3 aromatic rings. The third-order valence-electron chi connectivity index (χ3n) is 7.46. The second-order valence-corrected chi connectivity index (χ2v) is 11.4. The molecule has 0 saturated heterocycles. The van der Waals surface area contributed by atoms with Gasteiger partial charge in [0.2, 0.25) is 0 Å². The highest BCUT2D eigenvalue weighted by Crippen LogP contribution is 2.41. The number of halogens is 1. The topological polar surface area (TPSA) is 57.2 Å². The maximum absolute atomic E-state index is 14.2. The Morgan fingerprint density at radius 1 is 1.10 bits per heavy atom. The fraction of sp³-hybridized carbons (Fsp3) is 0.424. The SMILES string of the molecule is COC(=O)c1cc(C2C[C@H](CN(COC(C)(C)C)[C@H](C)c3ccc(F)c(OC)c3)Oc3ccccc32)ccc1C. The number of esters is 1. The third kappa shape index (κ3) is 6.83. The highest BCUT2D eigenvalue weighted by atomic mass is 19.1. The van der Waals surface area contributed by atoms with Gasteiger partial charge in [-0.2, -0.15) is 0 Å². The Kier molecular flexibility index (Phi) is 9.16. The van der Waals surface area contributed by atoms with Gasteiger partial charge in [-0.25, -0.2) is 9.18 Å². The van der Waals surface area contributed by atoms with E-state index in [2.05, 4.69) is 24.0 Å². The molecule has 0 saturated carbocycles. The van der Waals surface area contributed by atoms with Crippen molar-refractivity contribution in [2.24, 2.45) is 0 Å². The summed E-state index contributed by atoms with van der Waals surface area (Å²) in [4.78, 5) is 14.7. The second kappa shape index (κ2) is 12.4. The van der Waals surface area contributed by atoms with Gasteiger partial charge in [-0.1, -0.05) is 36.4 Å². The molecule has 0 amide bonds. The first-order valence-electron chi connectivity index (χ1n) is 13.7. The van der Waals surface area contributed by atoms with Crippen molar-refractivity contribution < 1.29 is 28.1 Å². The average molecular weight is 550 g/mol. The minimum atomic E-state index is -0.393. The second-order valence-electron chi connectivity index (χ2n) is 11.4. The van der Waals surface area contributed by atoms with E-state index in [-0.39, 0.29) is 35.4 Å². The van der Waals surface area contributed by atoms with Crippen LogP contribution in [-0.4, -0.2) is 50.1 Å². The molecule has 0 aromatic heterocycles. The maximum Gasteiger partial charge on any atom is 0.338 e. The lowest BCUT2D eigenvalue weighted by Crippen LogP contribution is -2.42. The van der Waals surface area contributed by atoms with Gasteiger partial charge < -0.3 is 18.9 Å². The summed E-state index contributed by atoms with van der Waals surface area (Å²) >= 11 is 0. The van der Waals surface area contributed by atoms with Crippen molar-refractivity contribution in [2.45, 2.75) is 64.7 Å². The van der Waals surface area contributed by atoms with Gasteiger partial charge in [0.1, 0.15) is 18.6 Å². The average Bonchev–Trinajstić information content (AvgIpc) is 2.94. The van der Waals surface area contributed by atoms with E-state index in [9.17, 15) is 9.18 Å². The van der Waals surface area contributed by atoms with Gasteiger partial charge in [0, 0.05) is 24.1 Å². The highest BCUT2D eigenvalue weighted by Gasteiger charge is 2.33. The molecule has 4 rings (SSSR count). The van der Waals surface area contributed by atoms with Crippen molar-refractivity contribution in [1.82, 2.24) is 4.90 Å². The van der Waals surface area contributed by atoms with Crippen molar-refractivity contribution in [3.05, 3.63) is 94.3 Å². The Morgan fingerprint density at radius 2 is 1.85 bits per heavy atom. The van der Waals surface area contributed by atoms with Gasteiger partial charge in [0.25, 0.3) is 0 Å². The predicted octanol–water partition coefficient (Wildman–Crippen LogP) is 7.05. The molecule has 1 heterocycles. The summed E-state index contributed by atoms with van der Waals surface area (Å²) in [6, 6.07) is 18.9. The molecule has 1 aliphatic heterocycles. The van der Waals surface area contributed by atoms with Crippen LogP contribution in [0.5, 0.6) is 11.5 Å². The summed E-state index contributed by atoms with van der Waals surface area (Å²) < 4.78 is 37.2. The molecule has 40 heavy (non-hydrogen) atoms. The van der Waals surface area contributed by atoms with Crippen LogP contribution in [0.3, 0.4) is 0 Å². The highest BCUT2D eigenvalue weighted by molar-refractivity contribution is 5.91. The number of nitrogens with zero attached hydrogens (tertiary/aromatic N) is 1. The van der Waals surface area contributed by atoms with Crippen LogP contribution in [0.4, 0.5) is 4.39 Å². The Hall–Kier alpha value is -3.42. The van der Waals surface area contributed by atoms with Gasteiger partial charge in [0.15, 0.2) is 11.6 Å². The van der Waals surface area contributed by atoms with Crippen LogP contribution in [0.2, 0.25) is 0 Å². The van der Waals surface area contributed by atoms with Crippen LogP contribution in [-0.2, 0) is 9.47 Å². The molecule has 0 fully saturated rings. The van der Waals surface area contributed by atoms with Gasteiger partial charge in [-0.3, -0.25) is 4.90 Å². The van der Waals surface area contributed by atoms with Gasteiger partial charge in [-0.05, 0) is 82.0 Å². The lowest BCUT2D eigenvalue weighted by Gasteiger charge is -2.38. The van der Waals surface area contributed by atoms with Crippen molar-refractivity contribution in [2.75, 3.05) is 27.5 Å². The zero-order chi connectivity index (χ0) is 29.0. The Morgan fingerprint density at radius 3 is 2.55 bits per heavy atom. The van der Waals surface area contributed by atoms with Crippen LogP contribution in [0.25, 0.3) is 0 Å². The van der Waals surface area contributed by atoms with E-state index < -0.39 is 5.82 Å². The first-order chi connectivity index (χ1) is 19.0. The normalized spacial score (nSPS) is 17.6. The smallest absolute Gasteiger partial charge is 0.338 e. The van der Waals surface area contributed by atoms with Gasteiger partial charge >= 0.3 is 5.97 Å². The number of hydrogen-bond donors (Lipinski definition) is 0. The third-order valence-corrected chi connectivity index (χ3v) is 7.46. The number of methoxy groups -OCH3 is 2. The number of benzene rings is 3. The number of ether oxygens (including phenoxy) is 4. The molecule has 0 radical (unpaired) electrons. The van der Waals surface area contributed by atoms with E-state index in [1.807, 2.05) is 58.0 Å². The molecule has 1 unspecified atom stereocenters. The summed E-state index contributed by atoms with van der Waals surface area (Å²) in [5.74, 6) is 0.341. The summed E-state index contributed by atoms with van der Waals surface area (Å²) in [5, 5.41) is 0. The van der Waals surface area contributed by atoms with Crippen LogP contribution >= 0.6 is 0 Å². The number of aryl methyl sites for hydroxylation is 1. The number of para-hydroxylation sites is 1. The molecule has 0 aliphatic carbocycles. The lowest BCUT2D eigenvalue weighted by atomic mass is 9.83. The minimum Gasteiger partial charge on any atom is -0.494 e. The first-order valence-corrected chi connectivity index (χ1v) is 13.7. The monoisotopic (exact) mass is 549 g/mol. The van der Waals surface area contributed by atoms with E-state index in [0.29, 0.717) is 25.3 Å². The number of hydrogen-bond acceptors (Lipinski definition) is 6. The number of carbonyl (C=O) groups is 1. The predicted molar refractivity (Wildman–Crippen MR) is 154 cm³/mol. The molecule has 7 heteroatoms. The van der Waals surface area contributed by atoms with Crippen LogP contribution in [0, 0.1) is 12.7 Å². The fourth-order valence-electron chi connectivity index (χ4n) is 5.11. The zero-order valence-corrected chi connectivity index (χ0v) is 24.5. The maximum atomic E-state index is 14.2. The van der Waals surface area contributed by atoms with Crippen molar-refractivity contribution >= 4 is 5.97 Å².